The maximum Gasteiger partial charge on any atom is 0.166 e. The predicted molar refractivity (Wildman–Crippen MR) is 80.5 cm³/mol. The van der Waals surface area contributed by atoms with Gasteiger partial charge in [0.25, 0.3) is 0 Å². The van der Waals surface area contributed by atoms with Crippen molar-refractivity contribution in [3.8, 4) is 0 Å². The molecule has 0 radical (unpaired) electrons. The van der Waals surface area contributed by atoms with Crippen LogP contribution in [0.1, 0.15) is 50.2 Å². The van der Waals surface area contributed by atoms with Crippen LogP contribution in [0.2, 0.25) is 0 Å². The van der Waals surface area contributed by atoms with Gasteiger partial charge in [-0.2, -0.15) is 0 Å². The molecule has 1 aromatic rings. The van der Waals surface area contributed by atoms with Crippen LogP contribution in [-0.2, 0) is 0 Å². The average Bonchev–Trinajstić information content (AvgIpc) is 2.46. The highest BCUT2D eigenvalue weighted by Gasteiger charge is 2.19. The normalized spacial score (nSPS) is 19.4. The van der Waals surface area contributed by atoms with E-state index >= 15 is 0 Å². The highest BCUT2D eigenvalue weighted by molar-refractivity contribution is 5.67. The van der Waals surface area contributed by atoms with Gasteiger partial charge in [0, 0.05) is 5.56 Å². The molecule has 0 bridgehead atoms. The average molecular weight is 276 g/mol. The predicted octanol–water partition coefficient (Wildman–Crippen LogP) is 5.81. The maximum atomic E-state index is 14.0. The lowest BCUT2D eigenvalue weighted by Gasteiger charge is -2.21. The van der Waals surface area contributed by atoms with Crippen molar-refractivity contribution in [1.82, 2.24) is 0 Å². The van der Waals surface area contributed by atoms with Crippen molar-refractivity contribution in [3.63, 3.8) is 0 Å². The van der Waals surface area contributed by atoms with E-state index in [1.54, 1.807) is 19.1 Å². The van der Waals surface area contributed by atoms with Gasteiger partial charge in [-0.3, -0.25) is 0 Å². The number of rotatable bonds is 4. The van der Waals surface area contributed by atoms with Gasteiger partial charge in [-0.25, -0.2) is 8.78 Å². The quantitative estimate of drug-likeness (QED) is 0.608. The summed E-state index contributed by atoms with van der Waals surface area (Å²) in [6.45, 7) is 3.72. The van der Waals surface area contributed by atoms with Crippen LogP contribution < -0.4 is 0 Å². The molecule has 2 rings (SSSR count). The summed E-state index contributed by atoms with van der Waals surface area (Å²) in [6, 6.07) is 3.36. The van der Waals surface area contributed by atoms with Gasteiger partial charge in [0.15, 0.2) is 11.6 Å². The highest BCUT2D eigenvalue weighted by Crippen LogP contribution is 2.34. The Balaban J connectivity index is 2.09. The topological polar surface area (TPSA) is 0 Å². The Bertz CT molecular complexity index is 526. The Morgan fingerprint density at radius 1 is 1.20 bits per heavy atom. The molecule has 0 N–H and O–H groups in total. The zero-order chi connectivity index (χ0) is 14.5. The molecule has 0 fully saturated rings. The van der Waals surface area contributed by atoms with E-state index in [0.717, 1.165) is 37.7 Å². The van der Waals surface area contributed by atoms with Gasteiger partial charge in [0.05, 0.1) is 0 Å². The van der Waals surface area contributed by atoms with E-state index in [9.17, 15) is 8.78 Å². The van der Waals surface area contributed by atoms with Crippen LogP contribution in [0, 0.1) is 24.5 Å². The molecule has 20 heavy (non-hydrogen) atoms. The van der Waals surface area contributed by atoms with E-state index in [4.69, 9.17) is 0 Å². The minimum absolute atomic E-state index is 0.366. The first-order chi connectivity index (χ1) is 9.63. The van der Waals surface area contributed by atoms with Crippen molar-refractivity contribution in [1.29, 1.82) is 0 Å². The molecule has 1 unspecified atom stereocenters. The van der Waals surface area contributed by atoms with E-state index in [2.05, 4.69) is 25.2 Å². The number of halogens is 2. The Morgan fingerprint density at radius 3 is 2.65 bits per heavy atom. The zero-order valence-corrected chi connectivity index (χ0v) is 12.3. The van der Waals surface area contributed by atoms with Crippen molar-refractivity contribution >= 4 is 5.57 Å². The number of aryl methyl sites for hydroxylation is 1. The largest absolute Gasteiger partial charge is 0.203 e. The molecular formula is C18H22F2. The Morgan fingerprint density at radius 2 is 2.00 bits per heavy atom. The van der Waals surface area contributed by atoms with E-state index in [0.29, 0.717) is 17.0 Å². The molecular weight excluding hydrogens is 254 g/mol. The second-order valence-electron chi connectivity index (χ2n) is 5.54. The molecule has 1 atom stereocenters. The van der Waals surface area contributed by atoms with Crippen molar-refractivity contribution in [2.45, 2.75) is 46.0 Å². The number of hydrogen-bond acceptors (Lipinski definition) is 0. The van der Waals surface area contributed by atoms with Crippen LogP contribution in [0.15, 0.2) is 30.4 Å². The summed E-state index contributed by atoms with van der Waals surface area (Å²) in [5.74, 6) is -0.767. The number of benzene rings is 1. The smallest absolute Gasteiger partial charge is 0.166 e. The molecule has 0 aromatic heterocycles. The zero-order valence-electron chi connectivity index (χ0n) is 12.3. The summed E-state index contributed by atoms with van der Waals surface area (Å²) in [6.07, 6.45) is 11.5. The molecule has 0 saturated carbocycles. The first-order valence-electron chi connectivity index (χ1n) is 7.42. The first kappa shape index (κ1) is 15.0. The Labute approximate surface area is 120 Å². The summed E-state index contributed by atoms with van der Waals surface area (Å²) in [5.41, 5.74) is 1.76. The second kappa shape index (κ2) is 6.83. The molecule has 108 valence electrons. The molecule has 0 nitrogen and oxygen atoms in total. The molecule has 1 aliphatic carbocycles. The molecule has 0 spiro atoms. The maximum absolute atomic E-state index is 14.0. The number of allylic oxidation sites excluding steroid dienone is 4. The molecule has 0 amide bonds. The van der Waals surface area contributed by atoms with Crippen LogP contribution in [0.25, 0.3) is 5.57 Å². The van der Waals surface area contributed by atoms with Crippen molar-refractivity contribution < 1.29 is 8.78 Å². The summed E-state index contributed by atoms with van der Waals surface area (Å²) >= 11 is 0. The standard InChI is InChI=1S/C18H22F2/c1-3-4-5-6-14-8-10-15(11-9-14)16-12-7-13(2)17(19)18(16)20/h4-5,7,10,12,14H,3,6,8-9,11H2,1-2H3. The summed E-state index contributed by atoms with van der Waals surface area (Å²) < 4.78 is 27.6. The molecule has 0 heterocycles. The summed E-state index contributed by atoms with van der Waals surface area (Å²) in [4.78, 5) is 0. The fourth-order valence-electron chi connectivity index (χ4n) is 2.70. The monoisotopic (exact) mass is 276 g/mol. The third kappa shape index (κ3) is 3.36. The minimum Gasteiger partial charge on any atom is -0.203 e. The van der Waals surface area contributed by atoms with E-state index in [1.807, 2.05) is 0 Å². The fourth-order valence-corrected chi connectivity index (χ4v) is 2.70. The lowest BCUT2D eigenvalue weighted by atomic mass is 9.84. The van der Waals surface area contributed by atoms with Gasteiger partial charge < -0.3 is 0 Å². The van der Waals surface area contributed by atoms with Crippen LogP contribution in [0.5, 0.6) is 0 Å². The fraction of sp³-hybridized carbons (Fsp3) is 0.444. The lowest BCUT2D eigenvalue weighted by Crippen LogP contribution is -2.06. The Kier molecular flexibility index (Phi) is 5.11. The highest BCUT2D eigenvalue weighted by atomic mass is 19.2. The lowest BCUT2D eigenvalue weighted by molar-refractivity contribution is 0.483. The molecule has 0 aliphatic heterocycles. The molecule has 1 aliphatic rings. The van der Waals surface area contributed by atoms with Crippen molar-refractivity contribution in [3.05, 3.63) is 53.1 Å². The molecule has 0 saturated heterocycles. The van der Waals surface area contributed by atoms with Crippen molar-refractivity contribution in [2.24, 2.45) is 5.92 Å². The van der Waals surface area contributed by atoms with Crippen LogP contribution in [0.3, 0.4) is 0 Å². The molecule has 1 aromatic carbocycles. The van der Waals surface area contributed by atoms with E-state index < -0.39 is 11.6 Å². The summed E-state index contributed by atoms with van der Waals surface area (Å²) in [5, 5.41) is 0. The van der Waals surface area contributed by atoms with Crippen LogP contribution in [-0.4, -0.2) is 0 Å². The third-order valence-corrected chi connectivity index (χ3v) is 4.01. The summed E-state index contributed by atoms with van der Waals surface area (Å²) in [7, 11) is 0. The Hall–Kier alpha value is -1.44. The minimum atomic E-state index is -0.712. The number of hydrogen-bond donors (Lipinski definition) is 0. The second-order valence-corrected chi connectivity index (χ2v) is 5.54. The van der Waals surface area contributed by atoms with E-state index in [-0.39, 0.29) is 0 Å². The first-order valence-corrected chi connectivity index (χ1v) is 7.42. The van der Waals surface area contributed by atoms with Gasteiger partial charge in [0.2, 0.25) is 0 Å². The third-order valence-electron chi connectivity index (χ3n) is 4.01. The van der Waals surface area contributed by atoms with E-state index in [1.165, 1.54) is 0 Å². The van der Waals surface area contributed by atoms with Gasteiger partial charge in [-0.05, 0) is 56.1 Å². The van der Waals surface area contributed by atoms with Gasteiger partial charge >= 0.3 is 0 Å². The van der Waals surface area contributed by atoms with Crippen LogP contribution >= 0.6 is 0 Å². The van der Waals surface area contributed by atoms with Gasteiger partial charge in [-0.1, -0.05) is 37.3 Å². The SMILES string of the molecule is CCC=CCC1CC=C(c2ccc(C)c(F)c2F)CC1. The van der Waals surface area contributed by atoms with Crippen LogP contribution in [0.4, 0.5) is 8.78 Å². The van der Waals surface area contributed by atoms with Gasteiger partial charge in [-0.15, -0.1) is 0 Å². The molecule has 2 heteroatoms. The van der Waals surface area contributed by atoms with Crippen molar-refractivity contribution in [2.75, 3.05) is 0 Å². The van der Waals surface area contributed by atoms with Gasteiger partial charge in [0.1, 0.15) is 0 Å².